The van der Waals surface area contributed by atoms with Crippen LogP contribution in [0.15, 0.2) is 60.8 Å². The van der Waals surface area contributed by atoms with Gasteiger partial charge in [-0.25, -0.2) is 0 Å². The number of carbonyl (C=O) groups excluding carboxylic acids is 3. The first-order valence-corrected chi connectivity index (χ1v) is 31.8. The highest BCUT2D eigenvalue weighted by Gasteiger charge is 2.19. The topological polar surface area (TPSA) is 78.9 Å². The summed E-state index contributed by atoms with van der Waals surface area (Å²) in [7, 11) is 0. The zero-order chi connectivity index (χ0) is 52.9. The van der Waals surface area contributed by atoms with Crippen LogP contribution in [0.4, 0.5) is 0 Å². The lowest BCUT2D eigenvalue weighted by Gasteiger charge is -2.18. The van der Waals surface area contributed by atoms with Gasteiger partial charge in [-0.15, -0.1) is 0 Å². The maximum atomic E-state index is 12.9. The Hall–Kier alpha value is -2.89. The molecule has 0 aliphatic rings. The molecule has 0 saturated heterocycles. The van der Waals surface area contributed by atoms with E-state index in [-0.39, 0.29) is 31.1 Å². The Balaban J connectivity index is 4.29. The van der Waals surface area contributed by atoms with Crippen molar-refractivity contribution in [2.45, 2.75) is 335 Å². The molecule has 424 valence electrons. The molecule has 6 heteroatoms. The van der Waals surface area contributed by atoms with Crippen molar-refractivity contribution in [2.75, 3.05) is 13.2 Å². The van der Waals surface area contributed by atoms with E-state index >= 15 is 0 Å². The van der Waals surface area contributed by atoms with Crippen molar-refractivity contribution >= 4 is 17.9 Å². The number of rotatable bonds is 58. The minimum Gasteiger partial charge on any atom is -0.462 e. The zero-order valence-corrected chi connectivity index (χ0v) is 48.7. The number of esters is 3. The molecule has 0 bridgehead atoms. The molecular weight excluding hydrogens is 901 g/mol. The average molecular weight is 1020 g/mol. The van der Waals surface area contributed by atoms with Gasteiger partial charge in [0.05, 0.1) is 0 Å². The van der Waals surface area contributed by atoms with E-state index in [1.807, 2.05) is 0 Å². The summed E-state index contributed by atoms with van der Waals surface area (Å²) in [6.07, 6.45) is 78.1. The van der Waals surface area contributed by atoms with Gasteiger partial charge >= 0.3 is 17.9 Å². The third-order valence-electron chi connectivity index (χ3n) is 14.0. The summed E-state index contributed by atoms with van der Waals surface area (Å²) in [4.78, 5) is 38.2. The fourth-order valence-corrected chi connectivity index (χ4v) is 9.25. The number of hydrogen-bond acceptors (Lipinski definition) is 6. The molecule has 0 N–H and O–H groups in total. The average Bonchev–Trinajstić information content (AvgIpc) is 3.39. The van der Waals surface area contributed by atoms with Crippen molar-refractivity contribution in [3.8, 4) is 0 Å². The summed E-state index contributed by atoms with van der Waals surface area (Å²) in [5.74, 6) is -0.906. The Labute approximate surface area is 453 Å². The van der Waals surface area contributed by atoms with Crippen LogP contribution in [0.2, 0.25) is 0 Å². The van der Waals surface area contributed by atoms with Crippen LogP contribution >= 0.6 is 0 Å². The van der Waals surface area contributed by atoms with E-state index < -0.39 is 6.10 Å². The van der Waals surface area contributed by atoms with Crippen molar-refractivity contribution in [1.82, 2.24) is 0 Å². The molecule has 0 radical (unpaired) electrons. The second-order valence-corrected chi connectivity index (χ2v) is 21.3. The maximum Gasteiger partial charge on any atom is 0.306 e. The molecule has 0 spiro atoms. The largest absolute Gasteiger partial charge is 0.462 e. The smallest absolute Gasteiger partial charge is 0.306 e. The van der Waals surface area contributed by atoms with E-state index in [2.05, 4.69) is 81.5 Å². The minimum absolute atomic E-state index is 0.0841. The van der Waals surface area contributed by atoms with E-state index in [0.717, 1.165) is 96.3 Å². The van der Waals surface area contributed by atoms with Crippen LogP contribution < -0.4 is 0 Å². The Morgan fingerprint density at radius 1 is 0.288 bits per heavy atom. The van der Waals surface area contributed by atoms with Gasteiger partial charge in [-0.3, -0.25) is 14.4 Å². The fourth-order valence-electron chi connectivity index (χ4n) is 9.25. The molecule has 0 aromatic carbocycles. The molecule has 0 amide bonds. The molecule has 6 nitrogen and oxygen atoms in total. The fraction of sp³-hybridized carbons (Fsp3) is 0.806. The predicted octanol–water partition coefficient (Wildman–Crippen LogP) is 21.6. The van der Waals surface area contributed by atoms with E-state index in [0.29, 0.717) is 19.3 Å². The van der Waals surface area contributed by atoms with Gasteiger partial charge < -0.3 is 14.2 Å². The van der Waals surface area contributed by atoms with Gasteiger partial charge in [-0.2, -0.15) is 0 Å². The van der Waals surface area contributed by atoms with Crippen molar-refractivity contribution in [3.63, 3.8) is 0 Å². The normalized spacial score (nSPS) is 12.4. The van der Waals surface area contributed by atoms with Crippen LogP contribution in [-0.4, -0.2) is 37.2 Å². The van der Waals surface area contributed by atoms with Crippen LogP contribution in [-0.2, 0) is 28.6 Å². The second kappa shape index (κ2) is 61.7. The third-order valence-corrected chi connectivity index (χ3v) is 14.0. The van der Waals surface area contributed by atoms with Crippen molar-refractivity contribution in [1.29, 1.82) is 0 Å². The van der Waals surface area contributed by atoms with Crippen LogP contribution in [0.5, 0.6) is 0 Å². The number of hydrogen-bond donors (Lipinski definition) is 0. The Bertz CT molecular complexity index is 1310. The maximum absolute atomic E-state index is 12.9. The number of ether oxygens (including phenoxy) is 3. The van der Waals surface area contributed by atoms with Crippen molar-refractivity contribution in [3.05, 3.63) is 60.8 Å². The summed E-state index contributed by atoms with van der Waals surface area (Å²) >= 11 is 0. The third kappa shape index (κ3) is 59.9. The van der Waals surface area contributed by atoms with Crippen LogP contribution in [0.1, 0.15) is 329 Å². The molecule has 0 heterocycles. The van der Waals surface area contributed by atoms with Crippen LogP contribution in [0, 0.1) is 0 Å². The van der Waals surface area contributed by atoms with Gasteiger partial charge in [0.1, 0.15) is 13.2 Å². The second-order valence-electron chi connectivity index (χ2n) is 21.3. The molecule has 0 aliphatic heterocycles. The molecule has 0 aromatic heterocycles. The molecule has 0 saturated carbocycles. The highest BCUT2D eigenvalue weighted by atomic mass is 16.6. The molecule has 0 aliphatic carbocycles. The van der Waals surface area contributed by atoms with Gasteiger partial charge in [-0.05, 0) is 83.5 Å². The predicted molar refractivity (Wildman–Crippen MR) is 316 cm³/mol. The summed E-state index contributed by atoms with van der Waals surface area (Å²) in [6, 6.07) is 0. The molecule has 1 unspecified atom stereocenters. The molecule has 0 rings (SSSR count). The molecule has 1 atom stereocenters. The Morgan fingerprint density at radius 3 is 0.863 bits per heavy atom. The van der Waals surface area contributed by atoms with Gasteiger partial charge in [0.25, 0.3) is 0 Å². The van der Waals surface area contributed by atoms with E-state index in [1.54, 1.807) is 0 Å². The molecule has 0 fully saturated rings. The highest BCUT2D eigenvalue weighted by Crippen LogP contribution is 2.17. The molecular formula is C67H120O6. The van der Waals surface area contributed by atoms with Gasteiger partial charge in [0.2, 0.25) is 0 Å². The van der Waals surface area contributed by atoms with Crippen molar-refractivity contribution < 1.29 is 28.6 Å². The minimum atomic E-state index is -0.790. The van der Waals surface area contributed by atoms with E-state index in [9.17, 15) is 14.4 Å². The van der Waals surface area contributed by atoms with Gasteiger partial charge in [0, 0.05) is 19.3 Å². The van der Waals surface area contributed by atoms with E-state index in [1.165, 1.54) is 193 Å². The molecule has 73 heavy (non-hydrogen) atoms. The Morgan fingerprint density at radius 2 is 0.534 bits per heavy atom. The summed E-state index contributed by atoms with van der Waals surface area (Å²) in [6.45, 7) is 6.52. The lowest BCUT2D eigenvalue weighted by atomic mass is 10.0. The highest BCUT2D eigenvalue weighted by molar-refractivity contribution is 5.71. The SMILES string of the molecule is CC/C=C\C/C=C\C/C=C\CCCCCC(=O)OCC(COC(=O)CCCCCCCCCCCCCCCCCCCCCCCCCC)OC(=O)CCCCCCCCC/C=C\C/C=C\CCCCCC. The quantitative estimate of drug-likeness (QED) is 0.0261. The van der Waals surface area contributed by atoms with Crippen LogP contribution in [0.25, 0.3) is 0 Å². The number of carbonyl (C=O) groups is 3. The lowest BCUT2D eigenvalue weighted by Crippen LogP contribution is -2.30. The van der Waals surface area contributed by atoms with Crippen LogP contribution in [0.3, 0.4) is 0 Å². The number of unbranched alkanes of at least 4 members (excludes halogenated alkanes) is 37. The van der Waals surface area contributed by atoms with Gasteiger partial charge in [-0.1, -0.05) is 287 Å². The standard InChI is InChI=1S/C67H120O6/c1-4-7-10-13-16-19-22-25-27-29-31-32-33-34-35-36-38-39-42-45-48-51-54-57-60-66(69)72-63-64(62-71-65(68)59-56-53-50-47-44-41-24-21-18-15-12-9-6-3)73-67(70)61-58-55-52-49-46-43-40-37-30-28-26-23-20-17-14-11-8-5-2/h9,12,18,20-21,23,28,30,41,44,64H,4-8,10-11,13-17,19,22,24-27,29,31-40,42-43,45-63H2,1-3H3/b12-9-,21-18-,23-20-,30-28-,44-41-. The first kappa shape index (κ1) is 70.1. The first-order chi connectivity index (χ1) is 36.0. The zero-order valence-electron chi connectivity index (χ0n) is 48.7. The first-order valence-electron chi connectivity index (χ1n) is 31.8. The van der Waals surface area contributed by atoms with Crippen molar-refractivity contribution in [2.24, 2.45) is 0 Å². The number of allylic oxidation sites excluding steroid dienone is 10. The monoisotopic (exact) mass is 1020 g/mol. The summed E-state index contributed by atoms with van der Waals surface area (Å²) in [5, 5.41) is 0. The van der Waals surface area contributed by atoms with E-state index in [4.69, 9.17) is 14.2 Å². The Kier molecular flexibility index (Phi) is 59.2. The molecule has 0 aromatic rings. The summed E-state index contributed by atoms with van der Waals surface area (Å²) in [5.41, 5.74) is 0. The lowest BCUT2D eigenvalue weighted by molar-refractivity contribution is -0.167. The van der Waals surface area contributed by atoms with Gasteiger partial charge in [0.15, 0.2) is 6.10 Å². The summed E-state index contributed by atoms with van der Waals surface area (Å²) < 4.78 is 16.9.